The molecule has 0 saturated carbocycles. The summed E-state index contributed by atoms with van der Waals surface area (Å²) in [4.78, 5) is 1.34. The number of nitrogens with zero attached hydrogens (tertiary/aromatic N) is 2. The predicted molar refractivity (Wildman–Crippen MR) is 63.5 cm³/mol. The second-order valence-electron chi connectivity index (χ2n) is 4.67. The molecule has 1 aromatic rings. The molecular formula is C13H12F4N2O. The van der Waals surface area contributed by atoms with Gasteiger partial charge >= 0.3 is 6.18 Å². The van der Waals surface area contributed by atoms with Crippen molar-refractivity contribution in [1.82, 2.24) is 0 Å². The first-order chi connectivity index (χ1) is 9.34. The van der Waals surface area contributed by atoms with E-state index in [0.29, 0.717) is 13.0 Å². The highest BCUT2D eigenvalue weighted by molar-refractivity contribution is 5.52. The van der Waals surface area contributed by atoms with E-state index in [2.05, 4.69) is 0 Å². The number of halogens is 4. The number of rotatable bonds is 2. The fraction of sp³-hybridized carbons (Fsp3) is 0.462. The van der Waals surface area contributed by atoms with Crippen LogP contribution in [0.1, 0.15) is 18.4 Å². The van der Waals surface area contributed by atoms with Crippen LogP contribution in [-0.2, 0) is 0 Å². The summed E-state index contributed by atoms with van der Waals surface area (Å²) in [5.74, 6) is -0.780. The van der Waals surface area contributed by atoms with Crippen molar-refractivity contribution in [1.29, 1.82) is 5.26 Å². The monoisotopic (exact) mass is 288 g/mol. The van der Waals surface area contributed by atoms with Crippen molar-refractivity contribution in [3.63, 3.8) is 0 Å². The number of anilines is 1. The number of benzene rings is 1. The Bertz CT molecular complexity index is 538. The van der Waals surface area contributed by atoms with Crippen molar-refractivity contribution in [2.75, 3.05) is 11.4 Å². The summed E-state index contributed by atoms with van der Waals surface area (Å²) >= 11 is 0. The SMILES string of the molecule is N#Cc1ccc(N2CCCC2C(O)C(F)(F)F)cc1F. The van der Waals surface area contributed by atoms with Crippen LogP contribution in [0.15, 0.2) is 18.2 Å². The highest BCUT2D eigenvalue weighted by atomic mass is 19.4. The van der Waals surface area contributed by atoms with Crippen molar-refractivity contribution in [2.24, 2.45) is 0 Å². The molecule has 3 nitrogen and oxygen atoms in total. The zero-order chi connectivity index (χ0) is 14.9. The van der Waals surface area contributed by atoms with E-state index in [-0.39, 0.29) is 17.7 Å². The van der Waals surface area contributed by atoms with Gasteiger partial charge in [0.15, 0.2) is 6.10 Å². The van der Waals surface area contributed by atoms with Crippen LogP contribution >= 0.6 is 0 Å². The van der Waals surface area contributed by atoms with Crippen LogP contribution in [0.4, 0.5) is 23.2 Å². The summed E-state index contributed by atoms with van der Waals surface area (Å²) < 4.78 is 51.3. The maximum Gasteiger partial charge on any atom is 0.416 e. The molecule has 108 valence electrons. The van der Waals surface area contributed by atoms with Gasteiger partial charge in [-0.1, -0.05) is 0 Å². The quantitative estimate of drug-likeness (QED) is 0.851. The van der Waals surface area contributed by atoms with E-state index in [1.54, 1.807) is 6.07 Å². The first-order valence-electron chi connectivity index (χ1n) is 6.05. The van der Waals surface area contributed by atoms with Gasteiger partial charge in [0.1, 0.15) is 11.9 Å². The molecule has 1 aliphatic heterocycles. The van der Waals surface area contributed by atoms with Crippen molar-refractivity contribution in [3.8, 4) is 6.07 Å². The molecule has 0 spiro atoms. The zero-order valence-electron chi connectivity index (χ0n) is 10.4. The van der Waals surface area contributed by atoms with Crippen LogP contribution in [0.3, 0.4) is 0 Å². The van der Waals surface area contributed by atoms with Crippen LogP contribution in [-0.4, -0.2) is 30.0 Å². The Hall–Kier alpha value is -1.81. The first-order valence-corrected chi connectivity index (χ1v) is 6.05. The molecule has 1 fully saturated rings. The number of aliphatic hydroxyl groups is 1. The molecule has 1 heterocycles. The normalized spacial score (nSPS) is 20.8. The molecule has 1 saturated heterocycles. The van der Waals surface area contributed by atoms with Gasteiger partial charge in [-0.05, 0) is 31.0 Å². The van der Waals surface area contributed by atoms with Gasteiger partial charge in [0, 0.05) is 12.2 Å². The largest absolute Gasteiger partial charge is 0.416 e. The summed E-state index contributed by atoms with van der Waals surface area (Å²) in [6, 6.07) is 4.17. The van der Waals surface area contributed by atoms with E-state index in [1.807, 2.05) is 0 Å². The molecule has 0 amide bonds. The summed E-state index contributed by atoms with van der Waals surface area (Å²) in [6.45, 7) is 0.309. The lowest BCUT2D eigenvalue weighted by Gasteiger charge is -2.31. The van der Waals surface area contributed by atoms with Gasteiger partial charge in [0.05, 0.1) is 11.6 Å². The second-order valence-corrected chi connectivity index (χ2v) is 4.67. The average molecular weight is 288 g/mol. The summed E-state index contributed by atoms with van der Waals surface area (Å²) in [6.07, 6.45) is -6.51. The minimum absolute atomic E-state index is 0.166. The molecule has 7 heteroatoms. The van der Waals surface area contributed by atoms with Crippen molar-refractivity contribution in [2.45, 2.75) is 31.2 Å². The number of aliphatic hydroxyl groups excluding tert-OH is 1. The minimum atomic E-state index is -4.71. The summed E-state index contributed by atoms with van der Waals surface area (Å²) in [5.41, 5.74) is 0.0770. The molecule has 0 aliphatic carbocycles. The van der Waals surface area contributed by atoms with Gasteiger partial charge in [-0.3, -0.25) is 0 Å². The van der Waals surface area contributed by atoms with Gasteiger partial charge in [0.25, 0.3) is 0 Å². The van der Waals surface area contributed by atoms with Crippen LogP contribution in [0.2, 0.25) is 0 Å². The molecule has 2 unspecified atom stereocenters. The van der Waals surface area contributed by atoms with E-state index >= 15 is 0 Å². The molecule has 0 radical (unpaired) electrons. The van der Waals surface area contributed by atoms with Gasteiger partial charge in [-0.2, -0.15) is 18.4 Å². The minimum Gasteiger partial charge on any atom is -0.382 e. The lowest BCUT2D eigenvalue weighted by Crippen LogP contribution is -2.47. The van der Waals surface area contributed by atoms with Crippen molar-refractivity contribution >= 4 is 5.69 Å². The Morgan fingerprint density at radius 2 is 2.10 bits per heavy atom. The second kappa shape index (κ2) is 5.29. The average Bonchev–Trinajstić information content (AvgIpc) is 2.85. The maximum atomic E-state index is 13.5. The first kappa shape index (κ1) is 14.6. The van der Waals surface area contributed by atoms with E-state index in [9.17, 15) is 22.7 Å². The molecule has 1 N–H and O–H groups in total. The molecule has 20 heavy (non-hydrogen) atoms. The lowest BCUT2D eigenvalue weighted by molar-refractivity contribution is -0.209. The highest BCUT2D eigenvalue weighted by Gasteiger charge is 2.47. The van der Waals surface area contributed by atoms with Crippen LogP contribution in [0.5, 0.6) is 0 Å². The Balaban J connectivity index is 2.28. The van der Waals surface area contributed by atoms with E-state index in [1.165, 1.54) is 17.0 Å². The van der Waals surface area contributed by atoms with E-state index < -0.39 is 24.1 Å². The number of hydrogen-bond donors (Lipinski definition) is 1. The van der Waals surface area contributed by atoms with E-state index in [0.717, 1.165) is 6.07 Å². The molecular weight excluding hydrogens is 276 g/mol. The van der Waals surface area contributed by atoms with Gasteiger partial charge in [-0.15, -0.1) is 0 Å². The number of hydrogen-bond acceptors (Lipinski definition) is 3. The predicted octanol–water partition coefficient (Wildman–Crippen LogP) is 2.59. The molecule has 0 aromatic heterocycles. The Labute approximate surface area is 113 Å². The fourth-order valence-electron chi connectivity index (χ4n) is 2.43. The molecule has 2 atom stereocenters. The molecule has 2 rings (SSSR count). The third-order valence-corrected chi connectivity index (χ3v) is 3.40. The fourth-order valence-corrected chi connectivity index (χ4v) is 2.43. The van der Waals surface area contributed by atoms with Crippen LogP contribution < -0.4 is 4.90 Å². The highest BCUT2D eigenvalue weighted by Crippen LogP contribution is 2.34. The molecule has 1 aliphatic rings. The van der Waals surface area contributed by atoms with Gasteiger partial charge in [-0.25, -0.2) is 4.39 Å². The summed E-state index contributed by atoms with van der Waals surface area (Å²) in [5, 5.41) is 18.0. The standard InChI is InChI=1S/C13H12F4N2O/c14-10-6-9(4-3-8(10)7-18)19-5-1-2-11(19)12(20)13(15,16)17/h3-4,6,11-12,20H,1-2,5H2. The lowest BCUT2D eigenvalue weighted by atomic mass is 10.1. The smallest absolute Gasteiger partial charge is 0.382 e. The maximum absolute atomic E-state index is 13.5. The topological polar surface area (TPSA) is 47.3 Å². The Morgan fingerprint density at radius 3 is 2.65 bits per heavy atom. The number of nitriles is 1. The van der Waals surface area contributed by atoms with Gasteiger partial charge in [0.2, 0.25) is 0 Å². The van der Waals surface area contributed by atoms with Gasteiger partial charge < -0.3 is 10.0 Å². The zero-order valence-corrected chi connectivity index (χ0v) is 10.4. The Morgan fingerprint density at radius 1 is 1.40 bits per heavy atom. The van der Waals surface area contributed by atoms with Crippen LogP contribution in [0, 0.1) is 17.1 Å². The van der Waals surface area contributed by atoms with Crippen LogP contribution in [0.25, 0.3) is 0 Å². The molecule has 1 aromatic carbocycles. The summed E-state index contributed by atoms with van der Waals surface area (Å²) in [7, 11) is 0. The Kier molecular flexibility index (Phi) is 3.86. The number of alkyl halides is 3. The third kappa shape index (κ3) is 2.70. The van der Waals surface area contributed by atoms with Crippen molar-refractivity contribution in [3.05, 3.63) is 29.6 Å². The third-order valence-electron chi connectivity index (χ3n) is 3.40. The van der Waals surface area contributed by atoms with Crippen molar-refractivity contribution < 1.29 is 22.7 Å². The van der Waals surface area contributed by atoms with E-state index in [4.69, 9.17) is 5.26 Å². The molecule has 0 bridgehead atoms.